The SMILES string of the molecule is COC1Oc2ccc([C@@H](O)[C@H](N=C(c3ccccc3)c3ccccc3NC(=O)C3CCCN3Cc3ccccc3)C(=O)O)cc2O1. The molecule has 4 aromatic rings. The van der Waals surface area contributed by atoms with Crippen LogP contribution in [0.25, 0.3) is 0 Å². The summed E-state index contributed by atoms with van der Waals surface area (Å²) >= 11 is 0. The van der Waals surface area contributed by atoms with Gasteiger partial charge in [0.15, 0.2) is 17.5 Å². The van der Waals surface area contributed by atoms with Crippen LogP contribution in [0, 0.1) is 0 Å². The normalized spacial score (nSPS) is 19.0. The lowest BCUT2D eigenvalue weighted by atomic mass is 9.97. The standard InChI is InChI=1S/C36H35N3O7/c1-44-36-45-29-19-18-25(21-30(29)46-36)33(40)32(35(42)43)38-31(24-13-6-3-7-14-24)26-15-8-9-16-27(26)37-34(41)28-17-10-20-39(28)22-23-11-4-2-5-12-23/h2-9,11-16,18-19,21,28,32-33,36,40H,10,17,20,22H2,1H3,(H,37,41)(H,42,43)/t28?,32-,33+,36?/m0/s1. The number of fused-ring (bicyclic) bond motifs is 1. The highest BCUT2D eigenvalue weighted by molar-refractivity contribution is 6.17. The molecule has 10 heteroatoms. The first-order chi connectivity index (χ1) is 22.4. The van der Waals surface area contributed by atoms with E-state index in [1.165, 1.54) is 13.2 Å². The van der Waals surface area contributed by atoms with Gasteiger partial charge in [-0.15, -0.1) is 0 Å². The summed E-state index contributed by atoms with van der Waals surface area (Å²) in [6, 6.07) is 29.1. The number of aliphatic hydroxyl groups is 1. The number of benzene rings is 4. The van der Waals surface area contributed by atoms with Crippen molar-refractivity contribution in [3.05, 3.63) is 125 Å². The van der Waals surface area contributed by atoms with Gasteiger partial charge in [0.05, 0.1) is 17.4 Å². The summed E-state index contributed by atoms with van der Waals surface area (Å²) in [7, 11) is 1.43. The zero-order valence-corrected chi connectivity index (χ0v) is 25.3. The number of likely N-dealkylation sites (tertiary alicyclic amines) is 1. The Morgan fingerprint density at radius 3 is 2.39 bits per heavy atom. The molecular formula is C36H35N3O7. The van der Waals surface area contributed by atoms with Crippen LogP contribution in [0.3, 0.4) is 0 Å². The number of carbonyl (C=O) groups is 2. The van der Waals surface area contributed by atoms with Crippen molar-refractivity contribution < 1.29 is 34.0 Å². The first-order valence-corrected chi connectivity index (χ1v) is 15.1. The molecule has 1 amide bonds. The second-order valence-electron chi connectivity index (χ2n) is 11.2. The minimum atomic E-state index is -1.59. The van der Waals surface area contributed by atoms with Crippen LogP contribution in [-0.2, 0) is 20.9 Å². The monoisotopic (exact) mass is 621 g/mol. The van der Waals surface area contributed by atoms with Crippen molar-refractivity contribution in [1.82, 2.24) is 4.90 Å². The van der Waals surface area contributed by atoms with Crippen molar-refractivity contribution in [3.63, 3.8) is 0 Å². The maximum Gasteiger partial charge on any atom is 0.360 e. The van der Waals surface area contributed by atoms with Crippen LogP contribution in [0.1, 0.15) is 41.2 Å². The highest BCUT2D eigenvalue weighted by atomic mass is 16.9. The largest absolute Gasteiger partial charge is 0.480 e. The van der Waals surface area contributed by atoms with E-state index >= 15 is 0 Å². The second kappa shape index (κ2) is 13.9. The number of aliphatic carboxylic acids is 1. The Bertz CT molecular complexity index is 1710. The minimum absolute atomic E-state index is 0.141. The van der Waals surface area contributed by atoms with Crippen LogP contribution in [0.15, 0.2) is 108 Å². The molecule has 0 radical (unpaired) electrons. The zero-order chi connectivity index (χ0) is 32.0. The number of carboxylic acid groups (broad SMARTS) is 1. The smallest absolute Gasteiger partial charge is 0.360 e. The Balaban J connectivity index is 1.32. The third-order valence-electron chi connectivity index (χ3n) is 8.15. The van der Waals surface area contributed by atoms with Crippen LogP contribution >= 0.6 is 0 Å². The summed E-state index contributed by atoms with van der Waals surface area (Å²) in [5.74, 6) is -0.728. The van der Waals surface area contributed by atoms with Gasteiger partial charge in [-0.1, -0.05) is 84.9 Å². The summed E-state index contributed by atoms with van der Waals surface area (Å²) in [6.07, 6.45) is 0.112. The van der Waals surface area contributed by atoms with Gasteiger partial charge in [-0.3, -0.25) is 14.7 Å². The number of methoxy groups -OCH3 is 1. The van der Waals surface area contributed by atoms with Crippen LogP contribution in [0.4, 0.5) is 5.69 Å². The summed E-state index contributed by atoms with van der Waals surface area (Å²) in [5.41, 5.74) is 3.39. The molecule has 1 saturated heterocycles. The third-order valence-corrected chi connectivity index (χ3v) is 8.15. The number of nitrogens with zero attached hydrogens (tertiary/aromatic N) is 2. The molecule has 46 heavy (non-hydrogen) atoms. The van der Waals surface area contributed by atoms with E-state index in [4.69, 9.17) is 14.2 Å². The maximum absolute atomic E-state index is 13.7. The molecule has 10 nitrogen and oxygen atoms in total. The molecule has 1 fully saturated rings. The molecule has 236 valence electrons. The molecule has 4 atom stereocenters. The number of aliphatic hydroxyl groups excluding tert-OH is 1. The van der Waals surface area contributed by atoms with Gasteiger partial charge in [0, 0.05) is 24.8 Å². The molecular weight excluding hydrogens is 586 g/mol. The summed E-state index contributed by atoms with van der Waals surface area (Å²) in [4.78, 5) is 33.2. The van der Waals surface area contributed by atoms with Crippen LogP contribution in [-0.4, -0.2) is 64.9 Å². The van der Waals surface area contributed by atoms with E-state index in [2.05, 4.69) is 27.3 Å². The number of aliphatic imine (C=N–C) groups is 1. The molecule has 6 rings (SSSR count). The number of carboxylic acids is 1. The number of nitrogens with one attached hydrogen (secondary N) is 1. The predicted octanol–water partition coefficient (Wildman–Crippen LogP) is 5.02. The van der Waals surface area contributed by atoms with Gasteiger partial charge in [0.25, 0.3) is 0 Å². The van der Waals surface area contributed by atoms with Gasteiger partial charge in [-0.2, -0.15) is 0 Å². The summed E-state index contributed by atoms with van der Waals surface area (Å²) in [6.45, 7) is 0.554. The van der Waals surface area contributed by atoms with Crippen LogP contribution in [0.5, 0.6) is 11.5 Å². The number of ether oxygens (including phenoxy) is 3. The first kappa shape index (κ1) is 31.0. The number of carbonyl (C=O) groups excluding carboxylic acids is 1. The minimum Gasteiger partial charge on any atom is -0.480 e. The Morgan fingerprint density at radius 1 is 0.957 bits per heavy atom. The van der Waals surface area contributed by atoms with Crippen molar-refractivity contribution in [2.24, 2.45) is 4.99 Å². The summed E-state index contributed by atoms with van der Waals surface area (Å²) in [5, 5.41) is 24.8. The number of rotatable bonds is 11. The Hall–Kier alpha value is -5.03. The Morgan fingerprint density at radius 2 is 1.65 bits per heavy atom. The maximum atomic E-state index is 13.7. The van der Waals surface area contributed by atoms with Crippen molar-refractivity contribution in [1.29, 1.82) is 0 Å². The average Bonchev–Trinajstić information content (AvgIpc) is 3.72. The molecule has 2 aliphatic heterocycles. The van der Waals surface area contributed by atoms with E-state index in [0.29, 0.717) is 40.6 Å². The van der Waals surface area contributed by atoms with Crippen molar-refractivity contribution in [2.75, 3.05) is 19.0 Å². The molecule has 0 bridgehead atoms. The number of amides is 1. The summed E-state index contributed by atoms with van der Waals surface area (Å²) < 4.78 is 16.1. The van der Waals surface area contributed by atoms with E-state index < -0.39 is 24.6 Å². The molecule has 0 aliphatic carbocycles. The molecule has 4 aromatic carbocycles. The van der Waals surface area contributed by atoms with Gasteiger partial charge in [-0.25, -0.2) is 4.79 Å². The van der Waals surface area contributed by atoms with E-state index in [9.17, 15) is 19.8 Å². The fourth-order valence-corrected chi connectivity index (χ4v) is 5.85. The molecule has 2 unspecified atom stereocenters. The lowest BCUT2D eigenvalue weighted by molar-refractivity contribution is -0.157. The van der Waals surface area contributed by atoms with E-state index in [1.54, 1.807) is 30.3 Å². The fraction of sp³-hybridized carbons (Fsp3) is 0.250. The topological polar surface area (TPSA) is 130 Å². The number of hydrogen-bond acceptors (Lipinski definition) is 8. The molecule has 3 N–H and O–H groups in total. The highest BCUT2D eigenvalue weighted by Gasteiger charge is 2.33. The molecule has 0 saturated carbocycles. The number of hydrogen-bond donors (Lipinski definition) is 3. The zero-order valence-electron chi connectivity index (χ0n) is 25.3. The van der Waals surface area contributed by atoms with Crippen LogP contribution < -0.4 is 14.8 Å². The quantitative estimate of drug-likeness (QED) is 0.199. The van der Waals surface area contributed by atoms with E-state index in [0.717, 1.165) is 24.9 Å². The van der Waals surface area contributed by atoms with Crippen LogP contribution in [0.2, 0.25) is 0 Å². The average molecular weight is 622 g/mol. The van der Waals surface area contributed by atoms with Gasteiger partial charge in [0.1, 0.15) is 6.10 Å². The fourth-order valence-electron chi connectivity index (χ4n) is 5.85. The van der Waals surface area contributed by atoms with E-state index in [-0.39, 0.29) is 17.5 Å². The van der Waals surface area contributed by atoms with Gasteiger partial charge in [-0.05, 0) is 48.7 Å². The molecule has 0 aromatic heterocycles. The van der Waals surface area contributed by atoms with Crippen molar-refractivity contribution in [3.8, 4) is 11.5 Å². The molecule has 0 spiro atoms. The van der Waals surface area contributed by atoms with Gasteiger partial charge < -0.3 is 29.7 Å². The second-order valence-corrected chi connectivity index (χ2v) is 11.2. The highest BCUT2D eigenvalue weighted by Crippen LogP contribution is 2.38. The Kier molecular flexibility index (Phi) is 9.39. The third kappa shape index (κ3) is 6.79. The molecule has 2 aliphatic rings. The van der Waals surface area contributed by atoms with Crippen molar-refractivity contribution >= 4 is 23.3 Å². The molecule has 2 heterocycles. The van der Waals surface area contributed by atoms with Gasteiger partial charge in [0.2, 0.25) is 5.91 Å². The lowest BCUT2D eigenvalue weighted by Gasteiger charge is -2.24. The Labute approximate surface area is 266 Å². The number of para-hydroxylation sites is 1. The predicted molar refractivity (Wildman–Crippen MR) is 172 cm³/mol. The van der Waals surface area contributed by atoms with Crippen molar-refractivity contribution in [2.45, 2.75) is 44.1 Å². The van der Waals surface area contributed by atoms with E-state index in [1.807, 2.05) is 54.6 Å². The lowest BCUT2D eigenvalue weighted by Crippen LogP contribution is -2.39. The number of anilines is 1. The first-order valence-electron chi connectivity index (χ1n) is 15.1. The van der Waals surface area contributed by atoms with Gasteiger partial charge >= 0.3 is 12.4 Å².